The molecule has 2 aliphatic rings. The number of rotatable bonds is 3. The number of likely N-dealkylation sites (tertiary alicyclic amines) is 2. The van der Waals surface area contributed by atoms with Crippen LogP contribution < -0.4 is 0 Å². The van der Waals surface area contributed by atoms with Crippen molar-refractivity contribution in [2.24, 2.45) is 5.92 Å². The first kappa shape index (κ1) is 15.1. The van der Waals surface area contributed by atoms with E-state index in [0.717, 1.165) is 45.4 Å². The minimum Gasteiger partial charge on any atom is -0.444 e. The maximum absolute atomic E-state index is 11.9. The van der Waals surface area contributed by atoms with Crippen molar-refractivity contribution < 1.29 is 14.3 Å². The van der Waals surface area contributed by atoms with Crippen molar-refractivity contribution in [3.8, 4) is 0 Å². The monoisotopic (exact) mass is 282 g/mol. The van der Waals surface area contributed by atoms with Gasteiger partial charge in [-0.3, -0.25) is 4.79 Å². The second kappa shape index (κ2) is 6.02. The molecule has 2 saturated heterocycles. The second-order valence-corrected chi connectivity index (χ2v) is 6.88. The van der Waals surface area contributed by atoms with Crippen LogP contribution in [-0.2, 0) is 9.53 Å². The zero-order chi connectivity index (χ0) is 14.8. The molecule has 0 radical (unpaired) electrons. The van der Waals surface area contributed by atoms with Gasteiger partial charge < -0.3 is 14.5 Å². The van der Waals surface area contributed by atoms with Gasteiger partial charge in [-0.1, -0.05) is 0 Å². The standard InChI is InChI=1S/C15H26N2O3/c1-15(2,3)20-14(19)17-10-12(11-17)6-7-13(18)16-8-4-5-9-16/h12H,4-11H2,1-3H3. The summed E-state index contributed by atoms with van der Waals surface area (Å²) in [6, 6.07) is 0. The van der Waals surface area contributed by atoms with Crippen molar-refractivity contribution in [1.82, 2.24) is 9.80 Å². The molecule has 0 bridgehead atoms. The Labute approximate surface area is 121 Å². The molecule has 0 unspecified atom stereocenters. The van der Waals surface area contributed by atoms with E-state index in [2.05, 4.69) is 0 Å². The maximum atomic E-state index is 11.9. The van der Waals surface area contributed by atoms with E-state index >= 15 is 0 Å². The molecule has 2 fully saturated rings. The lowest BCUT2D eigenvalue weighted by Crippen LogP contribution is -2.51. The fraction of sp³-hybridized carbons (Fsp3) is 0.867. The minimum absolute atomic E-state index is 0.236. The van der Waals surface area contributed by atoms with Gasteiger partial charge in [-0.05, 0) is 46.0 Å². The molecule has 0 aromatic rings. The van der Waals surface area contributed by atoms with Crippen molar-refractivity contribution in [2.75, 3.05) is 26.2 Å². The van der Waals surface area contributed by atoms with E-state index in [4.69, 9.17) is 4.74 Å². The molecule has 2 rings (SSSR count). The highest BCUT2D eigenvalue weighted by Gasteiger charge is 2.34. The SMILES string of the molecule is CC(C)(C)OC(=O)N1CC(CCC(=O)N2CCCC2)C1. The van der Waals surface area contributed by atoms with Crippen LogP contribution in [0.4, 0.5) is 4.79 Å². The Bertz CT molecular complexity index is 364. The largest absolute Gasteiger partial charge is 0.444 e. The molecule has 0 aromatic heterocycles. The second-order valence-electron chi connectivity index (χ2n) is 6.88. The van der Waals surface area contributed by atoms with Crippen LogP contribution in [0.3, 0.4) is 0 Å². The normalized spacial score (nSPS) is 19.9. The maximum Gasteiger partial charge on any atom is 0.410 e. The summed E-state index contributed by atoms with van der Waals surface area (Å²) in [4.78, 5) is 27.4. The van der Waals surface area contributed by atoms with Crippen molar-refractivity contribution in [3.05, 3.63) is 0 Å². The fourth-order valence-corrected chi connectivity index (χ4v) is 2.68. The summed E-state index contributed by atoms with van der Waals surface area (Å²) in [5, 5.41) is 0. The Morgan fingerprint density at radius 1 is 1.10 bits per heavy atom. The molecule has 0 saturated carbocycles. The highest BCUT2D eigenvalue weighted by atomic mass is 16.6. The smallest absolute Gasteiger partial charge is 0.410 e. The molecule has 2 heterocycles. The fourth-order valence-electron chi connectivity index (χ4n) is 2.68. The molecule has 20 heavy (non-hydrogen) atoms. The number of carbonyl (C=O) groups is 2. The Kier molecular flexibility index (Phi) is 4.55. The minimum atomic E-state index is -0.437. The van der Waals surface area contributed by atoms with E-state index in [1.54, 1.807) is 4.90 Å². The molecule has 0 aliphatic carbocycles. The van der Waals surface area contributed by atoms with Crippen LogP contribution >= 0.6 is 0 Å². The van der Waals surface area contributed by atoms with E-state index in [-0.39, 0.29) is 12.0 Å². The lowest BCUT2D eigenvalue weighted by atomic mass is 9.95. The quantitative estimate of drug-likeness (QED) is 0.798. The summed E-state index contributed by atoms with van der Waals surface area (Å²) in [6.07, 6.45) is 3.55. The van der Waals surface area contributed by atoms with E-state index in [1.165, 1.54) is 0 Å². The Morgan fingerprint density at radius 3 is 2.25 bits per heavy atom. The van der Waals surface area contributed by atoms with Gasteiger partial charge >= 0.3 is 6.09 Å². The lowest BCUT2D eigenvalue weighted by Gasteiger charge is -2.39. The van der Waals surface area contributed by atoms with Gasteiger partial charge in [-0.2, -0.15) is 0 Å². The molecule has 0 atom stereocenters. The zero-order valence-corrected chi connectivity index (χ0v) is 12.9. The lowest BCUT2D eigenvalue weighted by molar-refractivity contribution is -0.130. The van der Waals surface area contributed by atoms with Gasteiger partial charge in [0.2, 0.25) is 5.91 Å². The molecule has 2 amide bonds. The third-order valence-electron chi connectivity index (χ3n) is 3.83. The third kappa shape index (κ3) is 4.12. The van der Waals surface area contributed by atoms with Crippen LogP contribution in [-0.4, -0.2) is 53.6 Å². The average Bonchev–Trinajstić information content (AvgIpc) is 2.77. The first-order chi connectivity index (χ1) is 9.35. The predicted octanol–water partition coefficient (Wildman–Crippen LogP) is 2.26. The van der Waals surface area contributed by atoms with E-state index < -0.39 is 5.60 Å². The number of carbonyl (C=O) groups excluding carboxylic acids is 2. The Morgan fingerprint density at radius 2 is 1.70 bits per heavy atom. The highest BCUT2D eigenvalue weighted by Crippen LogP contribution is 2.23. The predicted molar refractivity (Wildman–Crippen MR) is 76.3 cm³/mol. The van der Waals surface area contributed by atoms with Crippen LogP contribution in [0.1, 0.15) is 46.5 Å². The van der Waals surface area contributed by atoms with E-state index in [1.807, 2.05) is 25.7 Å². The summed E-state index contributed by atoms with van der Waals surface area (Å²) in [7, 11) is 0. The molecule has 5 nitrogen and oxygen atoms in total. The van der Waals surface area contributed by atoms with Crippen LogP contribution in [0.2, 0.25) is 0 Å². The van der Waals surface area contributed by atoms with Gasteiger partial charge in [0.15, 0.2) is 0 Å². The molecule has 0 spiro atoms. The molecule has 114 valence electrons. The van der Waals surface area contributed by atoms with Gasteiger partial charge in [0.05, 0.1) is 0 Å². The molecule has 2 aliphatic heterocycles. The van der Waals surface area contributed by atoms with Crippen molar-refractivity contribution in [1.29, 1.82) is 0 Å². The number of hydrogen-bond donors (Lipinski definition) is 0. The summed E-state index contributed by atoms with van der Waals surface area (Å²) in [5.74, 6) is 0.729. The number of hydrogen-bond acceptors (Lipinski definition) is 3. The van der Waals surface area contributed by atoms with Gasteiger partial charge in [-0.25, -0.2) is 4.79 Å². The Hall–Kier alpha value is -1.26. The van der Waals surface area contributed by atoms with Gasteiger partial charge in [0.25, 0.3) is 0 Å². The van der Waals surface area contributed by atoms with E-state index in [9.17, 15) is 9.59 Å². The van der Waals surface area contributed by atoms with Crippen LogP contribution in [0.25, 0.3) is 0 Å². The molecule has 0 N–H and O–H groups in total. The van der Waals surface area contributed by atoms with Crippen LogP contribution in [0.5, 0.6) is 0 Å². The third-order valence-corrected chi connectivity index (χ3v) is 3.83. The average molecular weight is 282 g/mol. The molecule has 5 heteroatoms. The van der Waals surface area contributed by atoms with E-state index in [0.29, 0.717) is 12.3 Å². The summed E-state index contributed by atoms with van der Waals surface area (Å²) in [5.41, 5.74) is -0.437. The molecular formula is C15H26N2O3. The van der Waals surface area contributed by atoms with Crippen molar-refractivity contribution in [3.63, 3.8) is 0 Å². The number of amides is 2. The summed E-state index contributed by atoms with van der Waals surface area (Å²) in [6.45, 7) is 8.91. The molecular weight excluding hydrogens is 256 g/mol. The topological polar surface area (TPSA) is 49.9 Å². The van der Waals surface area contributed by atoms with Crippen LogP contribution in [0, 0.1) is 5.92 Å². The first-order valence-electron chi connectivity index (χ1n) is 7.61. The van der Waals surface area contributed by atoms with Gasteiger partial charge in [0, 0.05) is 32.6 Å². The van der Waals surface area contributed by atoms with Gasteiger partial charge in [-0.15, -0.1) is 0 Å². The van der Waals surface area contributed by atoms with Crippen molar-refractivity contribution >= 4 is 12.0 Å². The summed E-state index contributed by atoms with van der Waals surface area (Å²) < 4.78 is 5.31. The van der Waals surface area contributed by atoms with Crippen molar-refractivity contribution in [2.45, 2.75) is 52.1 Å². The first-order valence-corrected chi connectivity index (χ1v) is 7.61. The van der Waals surface area contributed by atoms with Crippen LogP contribution in [0.15, 0.2) is 0 Å². The molecule has 0 aromatic carbocycles. The van der Waals surface area contributed by atoms with Gasteiger partial charge in [0.1, 0.15) is 5.60 Å². The zero-order valence-electron chi connectivity index (χ0n) is 12.9. The number of nitrogens with zero attached hydrogens (tertiary/aromatic N) is 2. The summed E-state index contributed by atoms with van der Waals surface area (Å²) >= 11 is 0. The highest BCUT2D eigenvalue weighted by molar-refractivity contribution is 5.76. The Balaban J connectivity index is 1.62. The number of ether oxygens (including phenoxy) is 1.